The highest BCUT2D eigenvalue weighted by Crippen LogP contribution is 2.30. The summed E-state index contributed by atoms with van der Waals surface area (Å²) in [6, 6.07) is 12.9. The van der Waals surface area contributed by atoms with E-state index in [-0.39, 0.29) is 24.3 Å². The molecule has 136 valence electrons. The third kappa shape index (κ3) is 4.75. The van der Waals surface area contributed by atoms with Crippen LogP contribution in [0.5, 0.6) is 5.75 Å². The number of ether oxygens (including phenoxy) is 1. The van der Waals surface area contributed by atoms with Crippen LogP contribution in [0.3, 0.4) is 0 Å². The van der Waals surface area contributed by atoms with Gasteiger partial charge in [-0.1, -0.05) is 12.1 Å². The van der Waals surface area contributed by atoms with E-state index in [1.54, 1.807) is 19.2 Å². The maximum Gasteiger partial charge on any atom is 0.243 e. The van der Waals surface area contributed by atoms with Crippen molar-refractivity contribution in [3.63, 3.8) is 0 Å². The van der Waals surface area contributed by atoms with Crippen molar-refractivity contribution in [2.75, 3.05) is 29.6 Å². The second-order valence-corrected chi connectivity index (χ2v) is 6.43. The highest BCUT2D eigenvalue weighted by Gasteiger charge is 2.29. The van der Waals surface area contributed by atoms with E-state index < -0.39 is 0 Å². The van der Waals surface area contributed by atoms with E-state index in [2.05, 4.69) is 16.0 Å². The molecule has 26 heavy (non-hydrogen) atoms. The Bertz CT molecular complexity index is 816. The zero-order valence-corrected chi connectivity index (χ0v) is 15.0. The number of carbonyl (C=O) groups excluding carboxylic acids is 2. The lowest BCUT2D eigenvalue weighted by Gasteiger charge is -2.13. The molecule has 1 fully saturated rings. The lowest BCUT2D eigenvalue weighted by molar-refractivity contribution is -0.117. The number of hydrogen-bond donors (Lipinski definition) is 3. The predicted octanol–water partition coefficient (Wildman–Crippen LogP) is 3.40. The maximum absolute atomic E-state index is 12.2. The number of carbonyl (C=O) groups is 2. The van der Waals surface area contributed by atoms with Crippen LogP contribution in [0.2, 0.25) is 0 Å². The molecule has 1 aliphatic rings. The molecule has 0 radical (unpaired) electrons. The number of anilines is 3. The molecule has 0 saturated heterocycles. The Kier molecular flexibility index (Phi) is 5.41. The second-order valence-electron chi connectivity index (χ2n) is 6.43. The molecule has 0 aliphatic heterocycles. The van der Waals surface area contributed by atoms with Gasteiger partial charge in [-0.15, -0.1) is 0 Å². The minimum atomic E-state index is -0.162. The summed E-state index contributed by atoms with van der Waals surface area (Å²) in [5.41, 5.74) is 3.24. The van der Waals surface area contributed by atoms with E-state index in [1.165, 1.54) is 0 Å². The zero-order chi connectivity index (χ0) is 18.5. The molecular formula is C20H23N3O3. The topological polar surface area (TPSA) is 79.5 Å². The fourth-order valence-corrected chi connectivity index (χ4v) is 2.56. The van der Waals surface area contributed by atoms with Crippen molar-refractivity contribution in [3.8, 4) is 5.75 Å². The van der Waals surface area contributed by atoms with Gasteiger partial charge < -0.3 is 20.7 Å². The first-order valence-electron chi connectivity index (χ1n) is 8.64. The van der Waals surface area contributed by atoms with Gasteiger partial charge >= 0.3 is 0 Å². The summed E-state index contributed by atoms with van der Waals surface area (Å²) in [6.45, 7) is 2.08. The molecular weight excluding hydrogens is 330 g/mol. The van der Waals surface area contributed by atoms with Gasteiger partial charge in [0.05, 0.1) is 13.7 Å². The molecule has 0 bridgehead atoms. The van der Waals surface area contributed by atoms with Gasteiger partial charge in [-0.3, -0.25) is 9.59 Å². The Labute approximate surface area is 152 Å². The van der Waals surface area contributed by atoms with Crippen molar-refractivity contribution in [1.29, 1.82) is 0 Å². The number of rotatable bonds is 7. The molecule has 2 aromatic rings. The Morgan fingerprint density at radius 1 is 1.08 bits per heavy atom. The maximum atomic E-state index is 12.2. The van der Waals surface area contributed by atoms with E-state index in [1.807, 2.05) is 37.3 Å². The monoisotopic (exact) mass is 353 g/mol. The van der Waals surface area contributed by atoms with Crippen molar-refractivity contribution in [2.24, 2.45) is 5.92 Å². The van der Waals surface area contributed by atoms with E-state index in [9.17, 15) is 9.59 Å². The normalized spacial score (nSPS) is 13.0. The van der Waals surface area contributed by atoms with Crippen LogP contribution >= 0.6 is 0 Å². The van der Waals surface area contributed by atoms with Gasteiger partial charge in [0.25, 0.3) is 0 Å². The molecule has 6 nitrogen and oxygen atoms in total. The number of methoxy groups -OCH3 is 1. The van der Waals surface area contributed by atoms with Gasteiger partial charge in [-0.2, -0.15) is 0 Å². The summed E-state index contributed by atoms with van der Waals surface area (Å²) in [6.07, 6.45) is 1.93. The SMILES string of the molecule is COc1cccc(NC(=O)CNc2cc(NC(=O)C3CC3)ccc2C)c1. The Morgan fingerprint density at radius 3 is 2.58 bits per heavy atom. The van der Waals surface area contributed by atoms with Gasteiger partial charge in [0.1, 0.15) is 5.75 Å². The van der Waals surface area contributed by atoms with Crippen molar-refractivity contribution < 1.29 is 14.3 Å². The first kappa shape index (κ1) is 17.8. The number of aryl methyl sites for hydroxylation is 1. The van der Waals surface area contributed by atoms with Crippen molar-refractivity contribution >= 4 is 28.9 Å². The van der Waals surface area contributed by atoms with Gasteiger partial charge in [-0.05, 0) is 49.6 Å². The summed E-state index contributed by atoms with van der Waals surface area (Å²) < 4.78 is 5.15. The lowest BCUT2D eigenvalue weighted by atomic mass is 10.1. The fraction of sp³-hybridized carbons (Fsp3) is 0.300. The lowest BCUT2D eigenvalue weighted by Crippen LogP contribution is -2.22. The van der Waals surface area contributed by atoms with Gasteiger partial charge in [0, 0.05) is 29.0 Å². The molecule has 1 aliphatic carbocycles. The molecule has 2 amide bonds. The largest absolute Gasteiger partial charge is 0.497 e. The molecule has 0 unspecified atom stereocenters. The standard InChI is InChI=1S/C20H23N3O3/c1-13-6-9-16(23-20(25)14-7-8-14)11-18(13)21-12-19(24)22-15-4-3-5-17(10-15)26-2/h3-6,9-11,14,21H,7-8,12H2,1-2H3,(H,22,24)(H,23,25). The van der Waals surface area contributed by atoms with Gasteiger partial charge in [0.2, 0.25) is 11.8 Å². The van der Waals surface area contributed by atoms with E-state index in [0.717, 1.165) is 29.8 Å². The highest BCUT2D eigenvalue weighted by molar-refractivity contribution is 5.95. The van der Waals surface area contributed by atoms with Crippen molar-refractivity contribution in [1.82, 2.24) is 0 Å². The summed E-state index contributed by atoms with van der Waals surface area (Å²) in [4.78, 5) is 24.1. The minimum absolute atomic E-state index is 0.0653. The summed E-state index contributed by atoms with van der Waals surface area (Å²) in [7, 11) is 1.58. The van der Waals surface area contributed by atoms with Crippen LogP contribution in [0, 0.1) is 12.8 Å². The first-order chi connectivity index (χ1) is 12.5. The van der Waals surface area contributed by atoms with Crippen LogP contribution in [0.4, 0.5) is 17.1 Å². The van der Waals surface area contributed by atoms with Crippen LogP contribution in [0.15, 0.2) is 42.5 Å². The number of hydrogen-bond acceptors (Lipinski definition) is 4. The van der Waals surface area contributed by atoms with E-state index in [0.29, 0.717) is 11.4 Å². The molecule has 0 spiro atoms. The first-order valence-corrected chi connectivity index (χ1v) is 8.64. The second kappa shape index (κ2) is 7.91. The predicted molar refractivity (Wildman–Crippen MR) is 103 cm³/mol. The quantitative estimate of drug-likeness (QED) is 0.713. The van der Waals surface area contributed by atoms with Crippen molar-refractivity contribution in [3.05, 3.63) is 48.0 Å². The molecule has 1 saturated carbocycles. The minimum Gasteiger partial charge on any atom is -0.497 e. The van der Waals surface area contributed by atoms with E-state index in [4.69, 9.17) is 4.74 Å². The van der Waals surface area contributed by atoms with Crippen LogP contribution in [-0.4, -0.2) is 25.5 Å². The third-order valence-corrected chi connectivity index (χ3v) is 4.25. The number of amides is 2. The van der Waals surface area contributed by atoms with E-state index >= 15 is 0 Å². The summed E-state index contributed by atoms with van der Waals surface area (Å²) >= 11 is 0. The Hall–Kier alpha value is -3.02. The van der Waals surface area contributed by atoms with Crippen LogP contribution in [0.1, 0.15) is 18.4 Å². The zero-order valence-electron chi connectivity index (χ0n) is 15.0. The molecule has 3 N–H and O–H groups in total. The van der Waals surface area contributed by atoms with Crippen LogP contribution in [-0.2, 0) is 9.59 Å². The van der Waals surface area contributed by atoms with Gasteiger partial charge in [-0.25, -0.2) is 0 Å². The average Bonchev–Trinajstić information content (AvgIpc) is 3.47. The van der Waals surface area contributed by atoms with Gasteiger partial charge in [0.15, 0.2) is 0 Å². The number of nitrogens with one attached hydrogen (secondary N) is 3. The Balaban J connectivity index is 1.57. The molecule has 3 rings (SSSR count). The molecule has 0 aromatic heterocycles. The van der Waals surface area contributed by atoms with Crippen LogP contribution < -0.4 is 20.7 Å². The molecule has 0 heterocycles. The summed E-state index contributed by atoms with van der Waals surface area (Å²) in [5.74, 6) is 0.743. The number of benzene rings is 2. The van der Waals surface area contributed by atoms with Crippen molar-refractivity contribution in [2.45, 2.75) is 19.8 Å². The molecule has 0 atom stereocenters. The van der Waals surface area contributed by atoms with Crippen LogP contribution in [0.25, 0.3) is 0 Å². The third-order valence-electron chi connectivity index (χ3n) is 4.25. The molecule has 2 aromatic carbocycles. The smallest absolute Gasteiger partial charge is 0.243 e. The molecule has 6 heteroatoms. The summed E-state index contributed by atoms with van der Waals surface area (Å²) in [5, 5.41) is 8.87. The average molecular weight is 353 g/mol. The Morgan fingerprint density at radius 2 is 1.85 bits per heavy atom. The fourth-order valence-electron chi connectivity index (χ4n) is 2.56. The highest BCUT2D eigenvalue weighted by atomic mass is 16.5.